The smallest absolute Gasteiger partial charge is 0.248 e. The summed E-state index contributed by atoms with van der Waals surface area (Å²) in [6, 6.07) is 2.94. The second kappa shape index (κ2) is 8.85. The van der Waals surface area contributed by atoms with Crippen LogP contribution in [0.4, 0.5) is 0 Å². The van der Waals surface area contributed by atoms with Gasteiger partial charge in [0, 0.05) is 17.9 Å². The third-order valence-corrected chi connectivity index (χ3v) is 5.53. The van der Waals surface area contributed by atoms with Gasteiger partial charge in [-0.25, -0.2) is 4.57 Å². The molecule has 1 aromatic heterocycles. The number of aromatic nitrogens is 1. The summed E-state index contributed by atoms with van der Waals surface area (Å²) in [5.74, 6) is -1.72. The monoisotopic (exact) mass is 502 g/mol. The van der Waals surface area contributed by atoms with Gasteiger partial charge in [0.1, 0.15) is 11.4 Å². The summed E-state index contributed by atoms with van der Waals surface area (Å²) >= 11 is 1.44. The fraction of sp³-hybridized carbons (Fsp3) is 0.294. The highest BCUT2D eigenvalue weighted by molar-refractivity contribution is 14.0. The van der Waals surface area contributed by atoms with Crippen LogP contribution in [0.25, 0.3) is 0 Å². The molecule has 1 aromatic rings. The standard InChI is InChI=1S/C17H18N4O4S.HI/c18-12(22)8-10-3-6-20(7-4-10)5-1-2-11-9-26-16-13(19)15(23)21(16)14(11)17(24)25;/h1-4,6-7,13,16H,5,8-9,19H2,(H2-,18,22,24,25);1H/b2-1+;/t13-,16-;/m1./s1. The first-order chi connectivity index (χ1) is 12.4. The van der Waals surface area contributed by atoms with Crippen molar-refractivity contribution in [2.75, 3.05) is 5.75 Å². The van der Waals surface area contributed by atoms with E-state index in [9.17, 15) is 19.5 Å². The molecule has 0 spiro atoms. The Balaban J connectivity index is 0.00000261. The summed E-state index contributed by atoms with van der Waals surface area (Å²) in [6.07, 6.45) is 7.29. The Morgan fingerprint density at radius 3 is 2.63 bits per heavy atom. The van der Waals surface area contributed by atoms with Gasteiger partial charge in [-0.2, -0.15) is 0 Å². The highest BCUT2D eigenvalue weighted by atomic mass is 127. The average Bonchev–Trinajstić information content (AvgIpc) is 2.61. The van der Waals surface area contributed by atoms with E-state index >= 15 is 0 Å². The van der Waals surface area contributed by atoms with Gasteiger partial charge < -0.3 is 21.4 Å². The van der Waals surface area contributed by atoms with Gasteiger partial charge in [-0.1, -0.05) is 6.08 Å². The van der Waals surface area contributed by atoms with Gasteiger partial charge in [0.05, 0.1) is 18.1 Å². The molecule has 0 radical (unpaired) electrons. The van der Waals surface area contributed by atoms with Crippen LogP contribution in [0.3, 0.4) is 0 Å². The topological polar surface area (TPSA) is 133 Å². The largest absolute Gasteiger partial charge is 0.543 e. The number of nitrogens with zero attached hydrogens (tertiary/aromatic N) is 2. The van der Waals surface area contributed by atoms with Crippen molar-refractivity contribution in [2.24, 2.45) is 11.5 Å². The first kappa shape index (κ1) is 21.4. The number of carboxylic acids is 1. The third kappa shape index (κ3) is 4.50. The number of rotatable bonds is 6. The van der Waals surface area contributed by atoms with Crippen LogP contribution in [0.15, 0.2) is 47.9 Å². The summed E-state index contributed by atoms with van der Waals surface area (Å²) < 4.78 is 1.86. The minimum Gasteiger partial charge on any atom is -0.543 e. The molecule has 8 nitrogen and oxygen atoms in total. The number of carboxylic acid groups (broad SMARTS) is 1. The maximum Gasteiger partial charge on any atom is 0.248 e. The SMILES string of the molecule is I.NC(=O)Cc1cc[n+](C/C=C/C2=C(C(=O)[O-])N3C(=O)[C@@H](N)[C@H]3SC2)cc1. The highest BCUT2D eigenvalue weighted by Crippen LogP contribution is 2.39. The summed E-state index contributed by atoms with van der Waals surface area (Å²) in [5, 5.41) is 11.1. The molecule has 0 aliphatic carbocycles. The Morgan fingerprint density at radius 2 is 2.04 bits per heavy atom. The fourth-order valence-corrected chi connectivity index (χ4v) is 4.17. The van der Waals surface area contributed by atoms with E-state index in [1.165, 1.54) is 16.7 Å². The van der Waals surface area contributed by atoms with Crippen molar-refractivity contribution >= 4 is 53.5 Å². The molecule has 1 saturated heterocycles. The van der Waals surface area contributed by atoms with Gasteiger partial charge in [0.2, 0.25) is 11.8 Å². The van der Waals surface area contributed by atoms with Gasteiger partial charge >= 0.3 is 0 Å². The lowest BCUT2D eigenvalue weighted by Gasteiger charge is -2.49. The van der Waals surface area contributed by atoms with E-state index in [4.69, 9.17) is 11.5 Å². The van der Waals surface area contributed by atoms with Crippen molar-refractivity contribution in [3.05, 3.63) is 53.5 Å². The molecule has 2 aliphatic heterocycles. The summed E-state index contributed by atoms with van der Waals surface area (Å²) in [7, 11) is 0. The van der Waals surface area contributed by atoms with Gasteiger partial charge in [-0.3, -0.25) is 14.5 Å². The van der Waals surface area contributed by atoms with Crippen molar-refractivity contribution < 1.29 is 24.1 Å². The van der Waals surface area contributed by atoms with Crippen LogP contribution in [0.2, 0.25) is 0 Å². The highest BCUT2D eigenvalue weighted by Gasteiger charge is 2.49. The molecule has 2 aliphatic rings. The van der Waals surface area contributed by atoms with E-state index in [0.29, 0.717) is 17.9 Å². The molecule has 10 heteroatoms. The average molecular weight is 502 g/mol. The number of primary amides is 1. The molecular formula is C17H19IN4O4S. The number of allylic oxidation sites excluding steroid dienone is 2. The number of amides is 2. The minimum absolute atomic E-state index is 0. The number of hydrogen-bond donors (Lipinski definition) is 2. The van der Waals surface area contributed by atoms with E-state index in [1.54, 1.807) is 36.7 Å². The van der Waals surface area contributed by atoms with Crippen LogP contribution in [0.1, 0.15) is 5.56 Å². The van der Waals surface area contributed by atoms with E-state index in [2.05, 4.69) is 0 Å². The summed E-state index contributed by atoms with van der Waals surface area (Å²) in [6.45, 7) is 0.502. The van der Waals surface area contributed by atoms with Crippen molar-refractivity contribution in [3.63, 3.8) is 0 Å². The number of carbonyl (C=O) groups is 3. The first-order valence-corrected chi connectivity index (χ1v) is 9.01. The molecule has 2 atom stereocenters. The molecular weight excluding hydrogens is 483 g/mol. The first-order valence-electron chi connectivity index (χ1n) is 7.96. The Kier molecular flexibility index (Phi) is 7.00. The molecule has 144 valence electrons. The number of aliphatic carboxylic acids is 1. The van der Waals surface area contributed by atoms with Gasteiger partial charge in [0.25, 0.3) is 0 Å². The van der Waals surface area contributed by atoms with Crippen LogP contribution in [-0.4, -0.2) is 39.9 Å². The zero-order valence-corrected chi connectivity index (χ0v) is 17.4. The van der Waals surface area contributed by atoms with E-state index < -0.39 is 23.8 Å². The Labute approximate surface area is 177 Å². The minimum atomic E-state index is -1.38. The predicted molar refractivity (Wildman–Crippen MR) is 107 cm³/mol. The molecule has 0 bridgehead atoms. The number of fused-ring (bicyclic) bond motifs is 1. The third-order valence-electron chi connectivity index (χ3n) is 4.21. The number of nitrogens with two attached hydrogens (primary N) is 2. The van der Waals surface area contributed by atoms with Crippen molar-refractivity contribution in [1.29, 1.82) is 0 Å². The summed E-state index contributed by atoms with van der Waals surface area (Å²) in [4.78, 5) is 35.4. The molecule has 27 heavy (non-hydrogen) atoms. The Bertz CT molecular complexity index is 825. The summed E-state index contributed by atoms with van der Waals surface area (Å²) in [5.41, 5.74) is 12.1. The zero-order chi connectivity index (χ0) is 18.8. The van der Waals surface area contributed by atoms with Crippen LogP contribution in [-0.2, 0) is 27.3 Å². The lowest BCUT2D eigenvalue weighted by Crippen LogP contribution is -2.69. The van der Waals surface area contributed by atoms with Gasteiger partial charge in [-0.05, 0) is 17.2 Å². The van der Waals surface area contributed by atoms with Crippen LogP contribution in [0.5, 0.6) is 0 Å². The van der Waals surface area contributed by atoms with Crippen LogP contribution in [0, 0.1) is 0 Å². The number of hydrogen-bond acceptors (Lipinski definition) is 6. The molecule has 1 fully saturated rings. The van der Waals surface area contributed by atoms with Gasteiger partial charge in [0.15, 0.2) is 18.9 Å². The molecule has 0 saturated carbocycles. The molecule has 4 N–H and O–H groups in total. The number of halogens is 1. The molecule has 3 heterocycles. The molecule has 3 rings (SSSR count). The van der Waals surface area contributed by atoms with Crippen molar-refractivity contribution in [1.82, 2.24) is 4.90 Å². The zero-order valence-electron chi connectivity index (χ0n) is 14.2. The number of carbonyl (C=O) groups excluding carboxylic acids is 3. The van der Waals surface area contributed by atoms with Crippen molar-refractivity contribution in [2.45, 2.75) is 24.4 Å². The maximum absolute atomic E-state index is 11.9. The molecule has 2 amide bonds. The number of thioether (sulfide) groups is 1. The second-order valence-corrected chi connectivity index (χ2v) is 7.15. The molecule has 0 unspecified atom stereocenters. The number of pyridine rings is 1. The van der Waals surface area contributed by atoms with E-state index in [-0.39, 0.29) is 41.5 Å². The fourth-order valence-electron chi connectivity index (χ4n) is 2.90. The maximum atomic E-state index is 11.9. The normalized spacial score (nSPS) is 21.5. The Morgan fingerprint density at radius 1 is 1.37 bits per heavy atom. The molecule has 0 aromatic carbocycles. The lowest BCUT2D eigenvalue weighted by atomic mass is 10.0. The van der Waals surface area contributed by atoms with E-state index in [1.807, 2.05) is 4.57 Å². The quantitative estimate of drug-likeness (QED) is 0.274. The predicted octanol–water partition coefficient (Wildman–Crippen LogP) is -1.58. The van der Waals surface area contributed by atoms with E-state index in [0.717, 1.165) is 5.56 Å². The second-order valence-electron chi connectivity index (χ2n) is 6.05. The Hall–Kier alpha value is -1.92. The lowest BCUT2D eigenvalue weighted by molar-refractivity contribution is -0.687. The number of β-lactam (4-membered cyclic amide) rings is 1. The van der Waals surface area contributed by atoms with Crippen LogP contribution >= 0.6 is 35.7 Å². The van der Waals surface area contributed by atoms with Crippen molar-refractivity contribution in [3.8, 4) is 0 Å². The van der Waals surface area contributed by atoms with Gasteiger partial charge in [-0.15, -0.1) is 35.7 Å². The van der Waals surface area contributed by atoms with Crippen LogP contribution < -0.4 is 21.1 Å².